The lowest BCUT2D eigenvalue weighted by molar-refractivity contribution is 0.308. The fraction of sp³-hybridized carbons (Fsp3) is 1.00. The topological polar surface area (TPSA) is 12.0 Å². The highest BCUT2D eigenvalue weighted by atomic mass is 19.1. The van der Waals surface area contributed by atoms with Crippen LogP contribution in [0, 0.1) is 0 Å². The van der Waals surface area contributed by atoms with Gasteiger partial charge in [-0.15, -0.1) is 0 Å². The monoisotopic (exact) mass is 159 g/mol. The minimum absolute atomic E-state index is 0.0538. The summed E-state index contributed by atoms with van der Waals surface area (Å²) in [6.45, 7) is 1.67. The van der Waals surface area contributed by atoms with Crippen LogP contribution in [0.1, 0.15) is 39.0 Å². The molecule has 1 unspecified atom stereocenters. The Bertz CT molecular complexity index is 99.7. The number of hydrogen-bond donors (Lipinski definition) is 1. The van der Waals surface area contributed by atoms with Crippen LogP contribution in [0.5, 0.6) is 0 Å². The summed E-state index contributed by atoms with van der Waals surface area (Å²) < 4.78 is 12.1. The fourth-order valence-corrected chi connectivity index (χ4v) is 1.72. The highest BCUT2D eigenvalue weighted by Crippen LogP contribution is 2.17. The molecule has 66 valence electrons. The molecule has 0 spiro atoms. The zero-order valence-corrected chi connectivity index (χ0v) is 7.28. The molecule has 11 heavy (non-hydrogen) atoms. The third kappa shape index (κ3) is 3.19. The lowest BCUT2D eigenvalue weighted by atomic mass is 9.95. The molecule has 0 aromatic rings. The summed E-state index contributed by atoms with van der Waals surface area (Å²) in [5.41, 5.74) is 0. The van der Waals surface area contributed by atoms with E-state index in [9.17, 15) is 4.39 Å². The van der Waals surface area contributed by atoms with Crippen LogP contribution in [-0.4, -0.2) is 18.8 Å². The summed E-state index contributed by atoms with van der Waals surface area (Å²) in [4.78, 5) is 0. The van der Waals surface area contributed by atoms with Gasteiger partial charge < -0.3 is 5.32 Å². The minimum Gasteiger partial charge on any atom is -0.309 e. The van der Waals surface area contributed by atoms with Gasteiger partial charge in [-0.3, -0.25) is 0 Å². The summed E-state index contributed by atoms with van der Waals surface area (Å²) in [6.07, 6.45) is 6.48. The summed E-state index contributed by atoms with van der Waals surface area (Å²) in [6, 6.07) is 0.646. The molecule has 1 atom stereocenters. The van der Waals surface area contributed by atoms with Crippen molar-refractivity contribution in [2.24, 2.45) is 0 Å². The Balaban J connectivity index is 2.13. The van der Waals surface area contributed by atoms with Crippen molar-refractivity contribution in [3.8, 4) is 0 Å². The van der Waals surface area contributed by atoms with Crippen molar-refractivity contribution >= 4 is 0 Å². The van der Waals surface area contributed by atoms with Crippen LogP contribution in [0.3, 0.4) is 0 Å². The van der Waals surface area contributed by atoms with Gasteiger partial charge in [-0.2, -0.15) is 0 Å². The largest absolute Gasteiger partial charge is 0.309 e. The molecule has 1 saturated carbocycles. The van der Waals surface area contributed by atoms with Crippen LogP contribution in [0.4, 0.5) is 4.39 Å². The van der Waals surface area contributed by atoms with E-state index in [1.165, 1.54) is 32.1 Å². The predicted octanol–water partition coefficient (Wildman–Crippen LogP) is 2.27. The van der Waals surface area contributed by atoms with Gasteiger partial charge in [0.2, 0.25) is 0 Å². The van der Waals surface area contributed by atoms with E-state index in [4.69, 9.17) is 0 Å². The van der Waals surface area contributed by atoms with Gasteiger partial charge in [0.25, 0.3) is 0 Å². The molecule has 0 amide bonds. The fourth-order valence-electron chi connectivity index (χ4n) is 1.72. The van der Waals surface area contributed by atoms with E-state index in [-0.39, 0.29) is 12.7 Å². The van der Waals surface area contributed by atoms with Gasteiger partial charge in [0.1, 0.15) is 6.67 Å². The highest BCUT2D eigenvalue weighted by molar-refractivity contribution is 4.74. The quantitative estimate of drug-likeness (QED) is 0.666. The van der Waals surface area contributed by atoms with Crippen molar-refractivity contribution < 1.29 is 4.39 Å². The first kappa shape index (κ1) is 8.98. The second-order valence-electron chi connectivity index (χ2n) is 3.56. The van der Waals surface area contributed by atoms with E-state index in [1.54, 1.807) is 0 Å². The third-order valence-electron chi connectivity index (χ3n) is 2.36. The van der Waals surface area contributed by atoms with E-state index >= 15 is 0 Å². The summed E-state index contributed by atoms with van der Waals surface area (Å²) in [5.74, 6) is 0. The van der Waals surface area contributed by atoms with Crippen LogP contribution in [0.15, 0.2) is 0 Å². The SMILES string of the molecule is CC(CF)NC1CCCCC1. The number of alkyl halides is 1. The molecular formula is C9H18FN. The Morgan fingerprint density at radius 1 is 1.36 bits per heavy atom. The van der Waals surface area contributed by atoms with E-state index in [1.807, 2.05) is 6.92 Å². The van der Waals surface area contributed by atoms with Gasteiger partial charge >= 0.3 is 0 Å². The number of hydrogen-bond acceptors (Lipinski definition) is 1. The lowest BCUT2D eigenvalue weighted by Gasteiger charge is -2.25. The first-order valence-electron chi connectivity index (χ1n) is 4.65. The Morgan fingerprint density at radius 3 is 2.55 bits per heavy atom. The van der Waals surface area contributed by atoms with Crippen LogP contribution < -0.4 is 5.32 Å². The smallest absolute Gasteiger partial charge is 0.104 e. The normalized spacial score (nSPS) is 23.5. The first-order valence-corrected chi connectivity index (χ1v) is 4.65. The minimum atomic E-state index is -0.240. The van der Waals surface area contributed by atoms with Gasteiger partial charge in [0, 0.05) is 12.1 Å². The summed E-state index contributed by atoms with van der Waals surface area (Å²) in [7, 11) is 0. The first-order chi connectivity index (χ1) is 5.33. The molecule has 1 rings (SSSR count). The molecule has 2 heteroatoms. The third-order valence-corrected chi connectivity index (χ3v) is 2.36. The molecule has 1 nitrogen and oxygen atoms in total. The standard InChI is InChI=1S/C9H18FN/c1-8(7-10)11-9-5-3-2-4-6-9/h8-9,11H,2-7H2,1H3. The van der Waals surface area contributed by atoms with Crippen molar-refractivity contribution in [3.63, 3.8) is 0 Å². The molecule has 0 heterocycles. The zero-order valence-electron chi connectivity index (χ0n) is 7.28. The van der Waals surface area contributed by atoms with Crippen LogP contribution in [0.25, 0.3) is 0 Å². The average molecular weight is 159 g/mol. The maximum absolute atomic E-state index is 12.1. The second kappa shape index (κ2) is 4.70. The van der Waals surface area contributed by atoms with Crippen molar-refractivity contribution in [2.75, 3.05) is 6.67 Å². The molecule has 0 aliphatic heterocycles. The Morgan fingerprint density at radius 2 is 2.00 bits per heavy atom. The molecule has 0 saturated heterocycles. The van der Waals surface area contributed by atoms with Gasteiger partial charge in [-0.05, 0) is 19.8 Å². The summed E-state index contributed by atoms with van der Waals surface area (Å²) >= 11 is 0. The molecule has 0 aromatic heterocycles. The van der Waals surface area contributed by atoms with Crippen molar-refractivity contribution in [1.29, 1.82) is 0 Å². The summed E-state index contributed by atoms with van der Waals surface area (Å²) in [5, 5.41) is 3.29. The Labute approximate surface area is 68.4 Å². The number of nitrogens with one attached hydrogen (secondary N) is 1. The van der Waals surface area contributed by atoms with Gasteiger partial charge in [0.05, 0.1) is 0 Å². The predicted molar refractivity (Wildman–Crippen MR) is 45.4 cm³/mol. The van der Waals surface area contributed by atoms with Crippen molar-refractivity contribution in [2.45, 2.75) is 51.1 Å². The van der Waals surface area contributed by atoms with Crippen molar-refractivity contribution in [3.05, 3.63) is 0 Å². The van der Waals surface area contributed by atoms with Crippen LogP contribution in [0.2, 0.25) is 0 Å². The zero-order chi connectivity index (χ0) is 8.10. The molecule has 1 N–H and O–H groups in total. The van der Waals surface area contributed by atoms with E-state index in [2.05, 4.69) is 5.32 Å². The van der Waals surface area contributed by atoms with Gasteiger partial charge in [0.15, 0.2) is 0 Å². The van der Waals surface area contributed by atoms with E-state index in [0.29, 0.717) is 6.04 Å². The number of halogens is 1. The molecule has 0 aromatic carbocycles. The van der Waals surface area contributed by atoms with Gasteiger partial charge in [-0.25, -0.2) is 4.39 Å². The molecule has 0 bridgehead atoms. The molecule has 1 fully saturated rings. The highest BCUT2D eigenvalue weighted by Gasteiger charge is 2.14. The maximum atomic E-state index is 12.1. The van der Waals surface area contributed by atoms with Crippen LogP contribution in [-0.2, 0) is 0 Å². The molecular weight excluding hydrogens is 141 g/mol. The number of rotatable bonds is 3. The van der Waals surface area contributed by atoms with Gasteiger partial charge in [-0.1, -0.05) is 19.3 Å². The average Bonchev–Trinajstić information content (AvgIpc) is 2.06. The Kier molecular flexibility index (Phi) is 3.84. The van der Waals surface area contributed by atoms with Crippen LogP contribution >= 0.6 is 0 Å². The molecule has 1 aliphatic carbocycles. The van der Waals surface area contributed by atoms with Crippen molar-refractivity contribution in [1.82, 2.24) is 5.32 Å². The lowest BCUT2D eigenvalue weighted by Crippen LogP contribution is -2.38. The second-order valence-corrected chi connectivity index (χ2v) is 3.56. The Hall–Kier alpha value is -0.110. The van der Waals surface area contributed by atoms with E-state index < -0.39 is 0 Å². The molecule has 0 radical (unpaired) electrons. The molecule has 1 aliphatic rings. The maximum Gasteiger partial charge on any atom is 0.104 e. The van der Waals surface area contributed by atoms with E-state index in [0.717, 1.165) is 0 Å².